The molecule has 3 nitrogen and oxygen atoms in total. The first-order valence-corrected chi connectivity index (χ1v) is 7.08. The van der Waals surface area contributed by atoms with Gasteiger partial charge < -0.3 is 9.64 Å². The summed E-state index contributed by atoms with van der Waals surface area (Å²) in [5.41, 5.74) is 0.515. The standard InChI is InChI=1S/C16H22ClNO2/c1-5-10-20-14-8-6-13(7-9-14)11-18(4)15(19)16(2,3)12-17/h5-9H,1,10-12H2,2-4H3. The number of rotatable bonds is 7. The van der Waals surface area contributed by atoms with Gasteiger partial charge in [0, 0.05) is 19.5 Å². The monoisotopic (exact) mass is 295 g/mol. The molecular weight excluding hydrogens is 274 g/mol. The molecule has 20 heavy (non-hydrogen) atoms. The molecule has 0 aliphatic heterocycles. The molecule has 1 aromatic carbocycles. The molecule has 0 bridgehead atoms. The maximum absolute atomic E-state index is 12.2. The molecular formula is C16H22ClNO2. The van der Waals surface area contributed by atoms with Gasteiger partial charge in [0.05, 0.1) is 5.41 Å². The van der Waals surface area contributed by atoms with Crippen LogP contribution in [0.5, 0.6) is 5.75 Å². The van der Waals surface area contributed by atoms with Crippen molar-refractivity contribution in [1.29, 1.82) is 0 Å². The van der Waals surface area contributed by atoms with Crippen molar-refractivity contribution in [3.05, 3.63) is 42.5 Å². The fourth-order valence-electron chi connectivity index (χ4n) is 1.77. The van der Waals surface area contributed by atoms with Gasteiger partial charge in [0.2, 0.25) is 5.91 Å². The van der Waals surface area contributed by atoms with Crippen molar-refractivity contribution in [2.24, 2.45) is 5.41 Å². The predicted molar refractivity (Wildman–Crippen MR) is 83.1 cm³/mol. The summed E-state index contributed by atoms with van der Waals surface area (Å²) in [6, 6.07) is 7.69. The molecule has 0 saturated heterocycles. The fraction of sp³-hybridized carbons (Fsp3) is 0.438. The predicted octanol–water partition coefficient (Wildman–Crippen LogP) is 3.47. The number of nitrogens with zero attached hydrogens (tertiary/aromatic N) is 1. The van der Waals surface area contributed by atoms with Gasteiger partial charge in [-0.25, -0.2) is 0 Å². The number of benzene rings is 1. The molecule has 0 atom stereocenters. The highest BCUT2D eigenvalue weighted by Crippen LogP contribution is 2.21. The lowest BCUT2D eigenvalue weighted by Crippen LogP contribution is -2.39. The summed E-state index contributed by atoms with van der Waals surface area (Å²) in [5, 5.41) is 0. The highest BCUT2D eigenvalue weighted by Gasteiger charge is 2.29. The highest BCUT2D eigenvalue weighted by atomic mass is 35.5. The Bertz CT molecular complexity index is 454. The van der Waals surface area contributed by atoms with E-state index in [1.165, 1.54) is 0 Å². The third-order valence-corrected chi connectivity index (χ3v) is 3.64. The van der Waals surface area contributed by atoms with Gasteiger partial charge in [-0.2, -0.15) is 0 Å². The van der Waals surface area contributed by atoms with E-state index in [1.807, 2.05) is 38.1 Å². The summed E-state index contributed by atoms with van der Waals surface area (Å²) >= 11 is 5.83. The third-order valence-electron chi connectivity index (χ3n) is 2.97. The van der Waals surface area contributed by atoms with Crippen LogP contribution < -0.4 is 4.74 Å². The van der Waals surface area contributed by atoms with E-state index in [4.69, 9.17) is 16.3 Å². The Morgan fingerprint density at radius 1 is 1.40 bits per heavy atom. The molecule has 0 radical (unpaired) electrons. The van der Waals surface area contributed by atoms with Gasteiger partial charge in [0.25, 0.3) is 0 Å². The lowest BCUT2D eigenvalue weighted by molar-refractivity contribution is -0.138. The molecule has 110 valence electrons. The van der Waals surface area contributed by atoms with Crippen molar-refractivity contribution in [2.75, 3.05) is 19.5 Å². The number of ether oxygens (including phenoxy) is 1. The topological polar surface area (TPSA) is 29.5 Å². The molecule has 0 heterocycles. The van der Waals surface area contributed by atoms with Gasteiger partial charge in [-0.15, -0.1) is 11.6 Å². The Morgan fingerprint density at radius 3 is 2.50 bits per heavy atom. The Hall–Kier alpha value is -1.48. The summed E-state index contributed by atoms with van der Waals surface area (Å²) < 4.78 is 5.42. The van der Waals surface area contributed by atoms with Gasteiger partial charge >= 0.3 is 0 Å². The summed E-state index contributed by atoms with van der Waals surface area (Å²) in [7, 11) is 1.79. The summed E-state index contributed by atoms with van der Waals surface area (Å²) in [5.74, 6) is 1.15. The van der Waals surface area contributed by atoms with Gasteiger partial charge in [0.15, 0.2) is 0 Å². The largest absolute Gasteiger partial charge is 0.490 e. The number of carbonyl (C=O) groups excluding carboxylic acids is 1. The van der Waals surface area contributed by atoms with Crippen LogP contribution in [0.2, 0.25) is 0 Å². The highest BCUT2D eigenvalue weighted by molar-refractivity contribution is 6.19. The van der Waals surface area contributed by atoms with E-state index in [1.54, 1.807) is 18.0 Å². The lowest BCUT2D eigenvalue weighted by Gasteiger charge is -2.27. The van der Waals surface area contributed by atoms with E-state index in [0.29, 0.717) is 19.0 Å². The van der Waals surface area contributed by atoms with E-state index >= 15 is 0 Å². The van der Waals surface area contributed by atoms with Crippen LogP contribution in [-0.4, -0.2) is 30.3 Å². The average Bonchev–Trinajstić information content (AvgIpc) is 2.45. The van der Waals surface area contributed by atoms with Crippen LogP contribution in [0.25, 0.3) is 0 Å². The Morgan fingerprint density at radius 2 is 2.00 bits per heavy atom. The molecule has 0 saturated carbocycles. The van der Waals surface area contributed by atoms with Crippen LogP contribution in [-0.2, 0) is 11.3 Å². The normalized spacial score (nSPS) is 11.0. The molecule has 0 N–H and O–H groups in total. The third kappa shape index (κ3) is 4.57. The van der Waals surface area contributed by atoms with Crippen molar-refractivity contribution in [1.82, 2.24) is 4.90 Å². The minimum atomic E-state index is -0.538. The number of carbonyl (C=O) groups is 1. The minimum Gasteiger partial charge on any atom is -0.490 e. The molecule has 0 aromatic heterocycles. The smallest absolute Gasteiger partial charge is 0.229 e. The van der Waals surface area contributed by atoms with Crippen LogP contribution >= 0.6 is 11.6 Å². The van der Waals surface area contributed by atoms with Crippen molar-refractivity contribution < 1.29 is 9.53 Å². The Labute approximate surface area is 126 Å². The van der Waals surface area contributed by atoms with E-state index < -0.39 is 5.41 Å². The van der Waals surface area contributed by atoms with Gasteiger partial charge in [-0.1, -0.05) is 24.8 Å². The first kappa shape index (κ1) is 16.6. The number of amides is 1. The van der Waals surface area contributed by atoms with Crippen LogP contribution in [0.4, 0.5) is 0 Å². The average molecular weight is 296 g/mol. The molecule has 1 aromatic rings. The number of hydrogen-bond donors (Lipinski definition) is 0. The van der Waals surface area contributed by atoms with E-state index in [0.717, 1.165) is 11.3 Å². The van der Waals surface area contributed by atoms with Crippen LogP contribution in [0.3, 0.4) is 0 Å². The second-order valence-corrected chi connectivity index (χ2v) is 5.69. The number of hydrogen-bond acceptors (Lipinski definition) is 2. The zero-order valence-electron chi connectivity index (χ0n) is 12.4. The molecule has 0 fully saturated rings. The van der Waals surface area contributed by atoms with Crippen LogP contribution in [0, 0.1) is 5.41 Å². The lowest BCUT2D eigenvalue weighted by atomic mass is 9.94. The second-order valence-electron chi connectivity index (χ2n) is 5.42. The summed E-state index contributed by atoms with van der Waals surface area (Å²) in [4.78, 5) is 13.9. The van der Waals surface area contributed by atoms with Crippen molar-refractivity contribution in [3.63, 3.8) is 0 Å². The van der Waals surface area contributed by atoms with Crippen molar-refractivity contribution in [3.8, 4) is 5.75 Å². The van der Waals surface area contributed by atoms with Gasteiger partial charge in [0.1, 0.15) is 12.4 Å². The molecule has 1 amide bonds. The first-order chi connectivity index (χ1) is 9.40. The van der Waals surface area contributed by atoms with Gasteiger partial charge in [-0.3, -0.25) is 4.79 Å². The Balaban J connectivity index is 2.64. The van der Waals surface area contributed by atoms with Crippen LogP contribution in [0.1, 0.15) is 19.4 Å². The van der Waals surface area contributed by atoms with Crippen LogP contribution in [0.15, 0.2) is 36.9 Å². The zero-order valence-corrected chi connectivity index (χ0v) is 13.1. The maximum atomic E-state index is 12.2. The summed E-state index contributed by atoms with van der Waals surface area (Å²) in [6.45, 7) is 8.35. The maximum Gasteiger partial charge on any atom is 0.229 e. The summed E-state index contributed by atoms with van der Waals surface area (Å²) in [6.07, 6.45) is 1.70. The fourth-order valence-corrected chi connectivity index (χ4v) is 1.88. The van der Waals surface area contributed by atoms with Gasteiger partial charge in [-0.05, 0) is 31.5 Å². The van der Waals surface area contributed by atoms with E-state index in [9.17, 15) is 4.79 Å². The van der Waals surface area contributed by atoms with Crippen molar-refractivity contribution in [2.45, 2.75) is 20.4 Å². The van der Waals surface area contributed by atoms with Crippen molar-refractivity contribution >= 4 is 17.5 Å². The number of halogens is 1. The molecule has 0 aliphatic rings. The quantitative estimate of drug-likeness (QED) is 0.569. The SMILES string of the molecule is C=CCOc1ccc(CN(C)C(=O)C(C)(C)CCl)cc1. The molecule has 0 unspecified atom stereocenters. The second kappa shape index (κ2) is 7.34. The molecule has 0 aliphatic carbocycles. The Kier molecular flexibility index (Phi) is 6.08. The zero-order chi connectivity index (χ0) is 15.2. The minimum absolute atomic E-state index is 0.0412. The molecule has 0 spiro atoms. The molecule has 4 heteroatoms. The molecule has 1 rings (SSSR count). The van der Waals surface area contributed by atoms with E-state index in [-0.39, 0.29) is 5.91 Å². The number of alkyl halides is 1. The van der Waals surface area contributed by atoms with E-state index in [2.05, 4.69) is 6.58 Å². The first-order valence-electron chi connectivity index (χ1n) is 6.55.